The summed E-state index contributed by atoms with van der Waals surface area (Å²) in [6, 6.07) is 1.63. The lowest BCUT2D eigenvalue weighted by Crippen LogP contribution is -2.31. The van der Waals surface area contributed by atoms with Gasteiger partial charge in [-0.3, -0.25) is 9.59 Å². The van der Waals surface area contributed by atoms with Gasteiger partial charge in [0.15, 0.2) is 11.6 Å². The van der Waals surface area contributed by atoms with Crippen LogP contribution >= 0.6 is 15.9 Å². The Morgan fingerprint density at radius 1 is 1.19 bits per heavy atom. The topological polar surface area (TPSA) is 37.4 Å². The molecule has 0 N–H and O–H groups in total. The lowest BCUT2D eigenvalue weighted by atomic mass is 10.1. The molecular weight excluding hydrogens is 284 g/mol. The molecule has 0 radical (unpaired) electrons. The SMILES string of the molecule is O=C1C(=O)N(CCBr)c2cc(F)c(F)cc21. The Hall–Kier alpha value is -1.30. The molecule has 1 aliphatic heterocycles. The van der Waals surface area contributed by atoms with E-state index in [0.29, 0.717) is 5.33 Å². The molecule has 0 saturated heterocycles. The maximum absolute atomic E-state index is 13.0. The van der Waals surface area contributed by atoms with Gasteiger partial charge in [0.1, 0.15) is 0 Å². The van der Waals surface area contributed by atoms with Crippen LogP contribution in [0.2, 0.25) is 0 Å². The van der Waals surface area contributed by atoms with E-state index in [0.717, 1.165) is 17.0 Å². The van der Waals surface area contributed by atoms with Crippen LogP contribution in [0.4, 0.5) is 14.5 Å². The molecule has 0 spiro atoms. The number of ketones is 1. The van der Waals surface area contributed by atoms with E-state index in [4.69, 9.17) is 0 Å². The summed E-state index contributed by atoms with van der Waals surface area (Å²) in [5.41, 5.74) is 0.0539. The third-order valence-corrected chi connectivity index (χ3v) is 2.68. The van der Waals surface area contributed by atoms with Crippen LogP contribution in [0, 0.1) is 11.6 Å². The molecule has 0 atom stereocenters. The van der Waals surface area contributed by atoms with Crippen molar-refractivity contribution in [3.63, 3.8) is 0 Å². The highest BCUT2D eigenvalue weighted by Crippen LogP contribution is 2.30. The van der Waals surface area contributed by atoms with Crippen molar-refractivity contribution >= 4 is 33.3 Å². The summed E-state index contributed by atoms with van der Waals surface area (Å²) >= 11 is 3.12. The molecule has 0 aliphatic carbocycles. The number of hydrogen-bond donors (Lipinski definition) is 0. The summed E-state index contributed by atoms with van der Waals surface area (Å²) < 4.78 is 25.9. The summed E-state index contributed by atoms with van der Waals surface area (Å²) in [5, 5.41) is 0.449. The van der Waals surface area contributed by atoms with Gasteiger partial charge in [0.2, 0.25) is 0 Å². The van der Waals surface area contributed by atoms with Gasteiger partial charge in [-0.2, -0.15) is 0 Å². The Morgan fingerprint density at radius 3 is 2.44 bits per heavy atom. The van der Waals surface area contributed by atoms with Crippen molar-refractivity contribution in [2.24, 2.45) is 0 Å². The second-order valence-electron chi connectivity index (χ2n) is 3.26. The van der Waals surface area contributed by atoms with Crippen LogP contribution in [0.3, 0.4) is 0 Å². The average Bonchev–Trinajstić information content (AvgIpc) is 2.46. The van der Waals surface area contributed by atoms with Crippen molar-refractivity contribution in [2.75, 3.05) is 16.8 Å². The third-order valence-electron chi connectivity index (χ3n) is 2.32. The zero-order valence-corrected chi connectivity index (χ0v) is 9.55. The summed E-state index contributed by atoms with van der Waals surface area (Å²) in [6.07, 6.45) is 0. The highest BCUT2D eigenvalue weighted by molar-refractivity contribution is 9.09. The maximum Gasteiger partial charge on any atom is 0.299 e. The van der Waals surface area contributed by atoms with Crippen LogP contribution in [0.5, 0.6) is 0 Å². The molecule has 2 rings (SSSR count). The van der Waals surface area contributed by atoms with Crippen molar-refractivity contribution in [3.8, 4) is 0 Å². The number of hydrogen-bond acceptors (Lipinski definition) is 2. The number of Topliss-reactive ketones (excluding diaryl/α,β-unsaturated/α-hetero) is 1. The van der Waals surface area contributed by atoms with Crippen molar-refractivity contribution in [1.82, 2.24) is 0 Å². The van der Waals surface area contributed by atoms with Crippen LogP contribution in [-0.4, -0.2) is 23.6 Å². The minimum absolute atomic E-state index is 0.0788. The second kappa shape index (κ2) is 3.93. The molecule has 3 nitrogen and oxygen atoms in total. The van der Waals surface area contributed by atoms with Crippen molar-refractivity contribution < 1.29 is 18.4 Å². The van der Waals surface area contributed by atoms with Crippen LogP contribution < -0.4 is 4.90 Å². The number of amides is 1. The first-order valence-electron chi connectivity index (χ1n) is 4.47. The second-order valence-corrected chi connectivity index (χ2v) is 4.05. The van der Waals surface area contributed by atoms with Gasteiger partial charge < -0.3 is 4.90 Å². The molecule has 1 aromatic carbocycles. The lowest BCUT2D eigenvalue weighted by molar-refractivity contribution is -0.114. The summed E-state index contributed by atoms with van der Waals surface area (Å²) in [5.74, 6) is -3.74. The number of benzene rings is 1. The van der Waals surface area contributed by atoms with E-state index in [1.54, 1.807) is 0 Å². The van der Waals surface area contributed by atoms with Gasteiger partial charge in [-0.1, -0.05) is 15.9 Å². The first-order chi connectivity index (χ1) is 7.56. The first kappa shape index (κ1) is 11.2. The number of anilines is 1. The molecule has 1 aromatic rings. The van der Waals surface area contributed by atoms with E-state index < -0.39 is 23.3 Å². The summed E-state index contributed by atoms with van der Waals surface area (Å²) in [6.45, 7) is 0.239. The van der Waals surface area contributed by atoms with Crippen molar-refractivity contribution in [3.05, 3.63) is 29.3 Å². The number of halogens is 3. The Kier molecular flexibility index (Phi) is 2.75. The lowest BCUT2D eigenvalue weighted by Gasteiger charge is -2.14. The normalized spacial score (nSPS) is 14.6. The number of fused-ring (bicyclic) bond motifs is 1. The van der Waals surface area contributed by atoms with Crippen LogP contribution in [0.25, 0.3) is 0 Å². The van der Waals surface area contributed by atoms with Gasteiger partial charge in [0.25, 0.3) is 11.7 Å². The first-order valence-corrected chi connectivity index (χ1v) is 5.59. The fourth-order valence-corrected chi connectivity index (χ4v) is 1.95. The van der Waals surface area contributed by atoms with E-state index in [9.17, 15) is 18.4 Å². The molecule has 1 heterocycles. The summed E-state index contributed by atoms with van der Waals surface area (Å²) in [7, 11) is 0. The van der Waals surface area contributed by atoms with E-state index in [2.05, 4.69) is 15.9 Å². The summed E-state index contributed by atoms with van der Waals surface area (Å²) in [4.78, 5) is 24.1. The average molecular weight is 290 g/mol. The highest BCUT2D eigenvalue weighted by atomic mass is 79.9. The van der Waals surface area contributed by atoms with Gasteiger partial charge in [0, 0.05) is 17.9 Å². The minimum atomic E-state index is -1.12. The molecule has 0 fully saturated rings. The number of rotatable bonds is 2. The zero-order chi connectivity index (χ0) is 11.9. The Labute approximate surface area is 98.2 Å². The van der Waals surface area contributed by atoms with E-state index in [1.165, 1.54) is 0 Å². The number of alkyl halides is 1. The predicted octanol–water partition coefficient (Wildman–Crippen LogP) is 1.89. The van der Waals surface area contributed by atoms with Crippen LogP contribution in [-0.2, 0) is 4.79 Å². The van der Waals surface area contributed by atoms with Crippen LogP contribution in [0.1, 0.15) is 10.4 Å². The number of nitrogens with zero attached hydrogens (tertiary/aromatic N) is 1. The van der Waals surface area contributed by atoms with Gasteiger partial charge in [-0.15, -0.1) is 0 Å². The van der Waals surface area contributed by atoms with E-state index in [1.807, 2.05) is 0 Å². The fraction of sp³-hybridized carbons (Fsp3) is 0.200. The molecular formula is C10H6BrF2NO2. The van der Waals surface area contributed by atoms with E-state index in [-0.39, 0.29) is 17.8 Å². The molecule has 1 aliphatic rings. The highest BCUT2D eigenvalue weighted by Gasteiger charge is 2.36. The molecule has 0 saturated carbocycles. The van der Waals surface area contributed by atoms with Crippen LogP contribution in [0.15, 0.2) is 12.1 Å². The molecule has 6 heteroatoms. The number of carbonyl (C=O) groups excluding carboxylic acids is 2. The Bertz CT molecular complexity index is 490. The van der Waals surface area contributed by atoms with Gasteiger partial charge >= 0.3 is 0 Å². The zero-order valence-electron chi connectivity index (χ0n) is 7.97. The monoisotopic (exact) mass is 289 g/mol. The standard InChI is InChI=1S/C10H6BrF2NO2/c11-1-2-14-8-4-7(13)6(12)3-5(8)9(15)10(14)16/h3-4H,1-2H2. The molecule has 0 aromatic heterocycles. The van der Waals surface area contributed by atoms with Gasteiger partial charge in [0.05, 0.1) is 11.3 Å². The fourth-order valence-electron chi connectivity index (χ4n) is 1.60. The molecule has 84 valence electrons. The third kappa shape index (κ3) is 1.53. The van der Waals surface area contributed by atoms with E-state index >= 15 is 0 Å². The molecule has 1 amide bonds. The van der Waals surface area contributed by atoms with Gasteiger partial charge in [-0.05, 0) is 6.07 Å². The Morgan fingerprint density at radius 2 is 1.81 bits per heavy atom. The van der Waals surface area contributed by atoms with Gasteiger partial charge in [-0.25, -0.2) is 8.78 Å². The molecule has 0 unspecified atom stereocenters. The smallest absolute Gasteiger partial charge is 0.299 e. The predicted molar refractivity (Wildman–Crippen MR) is 56.8 cm³/mol. The number of carbonyl (C=O) groups is 2. The Balaban J connectivity index is 2.56. The molecule has 0 bridgehead atoms. The van der Waals surface area contributed by atoms with Crippen molar-refractivity contribution in [1.29, 1.82) is 0 Å². The van der Waals surface area contributed by atoms with Crippen molar-refractivity contribution in [2.45, 2.75) is 0 Å². The quantitative estimate of drug-likeness (QED) is 0.616. The molecule has 16 heavy (non-hydrogen) atoms. The minimum Gasteiger partial charge on any atom is -0.304 e. The maximum atomic E-state index is 13.0. The largest absolute Gasteiger partial charge is 0.304 e.